The van der Waals surface area contributed by atoms with Crippen molar-refractivity contribution in [3.05, 3.63) is 170 Å². The molecule has 0 bridgehead atoms. The molecule has 1 unspecified atom stereocenters. The maximum Gasteiger partial charge on any atom is 0.306 e. The van der Waals surface area contributed by atoms with E-state index in [2.05, 4.69) is 118 Å². The lowest BCUT2D eigenvalue weighted by Crippen LogP contribution is -2.30. The van der Waals surface area contributed by atoms with Gasteiger partial charge in [-0.3, -0.25) is 14.4 Å². The van der Waals surface area contributed by atoms with Crippen molar-refractivity contribution < 1.29 is 28.6 Å². The second-order valence-corrected chi connectivity index (χ2v) is 16.1. The molecule has 0 rings (SSSR count). The molecule has 370 valence electrons. The van der Waals surface area contributed by atoms with Crippen LogP contribution in [0, 0.1) is 0 Å². The van der Waals surface area contributed by atoms with E-state index in [0.717, 1.165) is 122 Å². The van der Waals surface area contributed by atoms with Crippen molar-refractivity contribution in [1.82, 2.24) is 0 Å². The summed E-state index contributed by atoms with van der Waals surface area (Å²) in [5, 5.41) is 0. The quantitative estimate of drug-likeness (QED) is 0.0199. The Morgan fingerprint density at radius 1 is 0.313 bits per heavy atom. The van der Waals surface area contributed by atoms with Crippen LogP contribution < -0.4 is 0 Å². The zero-order valence-electron chi connectivity index (χ0n) is 42.1. The molecule has 6 nitrogen and oxygen atoms in total. The Labute approximate surface area is 409 Å². The monoisotopic (exact) mass is 919 g/mol. The maximum absolute atomic E-state index is 12.8. The number of rotatable bonds is 43. The summed E-state index contributed by atoms with van der Waals surface area (Å²) in [6, 6.07) is 0. The number of allylic oxidation sites excluding steroid dienone is 28. The van der Waals surface area contributed by atoms with Crippen LogP contribution in [-0.4, -0.2) is 37.2 Å². The maximum atomic E-state index is 12.8. The molecule has 0 aliphatic carbocycles. The highest BCUT2D eigenvalue weighted by Crippen LogP contribution is 2.11. The molecule has 0 spiro atoms. The van der Waals surface area contributed by atoms with Crippen molar-refractivity contribution in [3.8, 4) is 0 Å². The number of carbonyl (C=O) groups excluding carboxylic acids is 3. The molecule has 1 atom stereocenters. The lowest BCUT2D eigenvalue weighted by molar-refractivity contribution is -0.167. The zero-order valence-corrected chi connectivity index (χ0v) is 42.1. The van der Waals surface area contributed by atoms with Gasteiger partial charge in [0.15, 0.2) is 6.10 Å². The number of esters is 3. The predicted molar refractivity (Wildman–Crippen MR) is 288 cm³/mol. The Balaban J connectivity index is 4.63. The van der Waals surface area contributed by atoms with Gasteiger partial charge in [-0.1, -0.05) is 217 Å². The van der Waals surface area contributed by atoms with Crippen LogP contribution in [0.5, 0.6) is 0 Å². The van der Waals surface area contributed by atoms with Gasteiger partial charge >= 0.3 is 17.9 Å². The van der Waals surface area contributed by atoms with E-state index in [1.807, 2.05) is 72.9 Å². The van der Waals surface area contributed by atoms with Gasteiger partial charge in [-0.2, -0.15) is 0 Å². The molecule has 67 heavy (non-hydrogen) atoms. The third-order valence-electron chi connectivity index (χ3n) is 9.89. The van der Waals surface area contributed by atoms with E-state index in [1.54, 1.807) is 0 Å². The first kappa shape index (κ1) is 61.8. The van der Waals surface area contributed by atoms with Crippen molar-refractivity contribution in [2.75, 3.05) is 13.2 Å². The molecular weight excluding hydrogens is 829 g/mol. The lowest BCUT2D eigenvalue weighted by Gasteiger charge is -2.18. The van der Waals surface area contributed by atoms with E-state index in [9.17, 15) is 14.4 Å². The number of unbranched alkanes of at least 4 members (excludes halogenated alkanes) is 10. The van der Waals surface area contributed by atoms with Crippen LogP contribution in [0.15, 0.2) is 170 Å². The minimum absolute atomic E-state index is 0.127. The molecule has 0 radical (unpaired) electrons. The molecule has 0 saturated carbocycles. The zero-order chi connectivity index (χ0) is 48.6. The van der Waals surface area contributed by atoms with Crippen LogP contribution in [0.4, 0.5) is 0 Å². The van der Waals surface area contributed by atoms with Gasteiger partial charge in [0.05, 0.1) is 0 Å². The summed E-state index contributed by atoms with van der Waals surface area (Å²) in [6.07, 6.45) is 79.0. The summed E-state index contributed by atoms with van der Waals surface area (Å²) in [4.78, 5) is 38.0. The normalized spacial score (nSPS) is 13.5. The Morgan fingerprint density at radius 2 is 0.612 bits per heavy atom. The summed E-state index contributed by atoms with van der Waals surface area (Å²) in [6.45, 7) is 6.14. The van der Waals surface area contributed by atoms with E-state index < -0.39 is 6.10 Å². The molecule has 0 aromatic rings. The van der Waals surface area contributed by atoms with Gasteiger partial charge in [-0.15, -0.1) is 0 Å². The Kier molecular flexibility index (Phi) is 49.2. The third-order valence-corrected chi connectivity index (χ3v) is 9.89. The summed E-state index contributed by atoms with van der Waals surface area (Å²) in [7, 11) is 0. The highest BCUT2D eigenvalue weighted by atomic mass is 16.6. The second kappa shape index (κ2) is 53.4. The molecule has 6 heteroatoms. The van der Waals surface area contributed by atoms with Gasteiger partial charge in [0, 0.05) is 19.3 Å². The summed E-state index contributed by atoms with van der Waals surface area (Å²) < 4.78 is 16.7. The fourth-order valence-electron chi connectivity index (χ4n) is 6.13. The lowest BCUT2D eigenvalue weighted by atomic mass is 10.1. The van der Waals surface area contributed by atoms with Gasteiger partial charge in [0.1, 0.15) is 13.2 Å². The molecule has 0 aliphatic heterocycles. The summed E-state index contributed by atoms with van der Waals surface area (Å²) in [5.74, 6) is -1.04. The van der Waals surface area contributed by atoms with Crippen molar-refractivity contribution in [2.24, 2.45) is 0 Å². The number of hydrogen-bond donors (Lipinski definition) is 0. The van der Waals surface area contributed by atoms with Gasteiger partial charge in [-0.05, 0) is 109 Å². The summed E-state index contributed by atoms with van der Waals surface area (Å²) in [5.41, 5.74) is 0. The van der Waals surface area contributed by atoms with Gasteiger partial charge in [-0.25, -0.2) is 0 Å². The number of carbonyl (C=O) groups is 3. The predicted octanol–water partition coefficient (Wildman–Crippen LogP) is 17.2. The fourth-order valence-corrected chi connectivity index (χ4v) is 6.13. The van der Waals surface area contributed by atoms with Crippen LogP contribution in [0.1, 0.15) is 175 Å². The minimum Gasteiger partial charge on any atom is -0.462 e. The van der Waals surface area contributed by atoms with Gasteiger partial charge < -0.3 is 14.2 Å². The van der Waals surface area contributed by atoms with E-state index >= 15 is 0 Å². The highest BCUT2D eigenvalue weighted by molar-refractivity contribution is 5.71. The van der Waals surface area contributed by atoms with E-state index in [0.29, 0.717) is 19.3 Å². The van der Waals surface area contributed by atoms with Crippen LogP contribution in [0.25, 0.3) is 0 Å². The van der Waals surface area contributed by atoms with Crippen LogP contribution in [-0.2, 0) is 28.6 Å². The van der Waals surface area contributed by atoms with Gasteiger partial charge in [0.2, 0.25) is 0 Å². The van der Waals surface area contributed by atoms with Crippen molar-refractivity contribution in [1.29, 1.82) is 0 Å². The highest BCUT2D eigenvalue weighted by Gasteiger charge is 2.19. The molecule has 0 aliphatic rings. The summed E-state index contributed by atoms with van der Waals surface area (Å²) >= 11 is 0. The molecule has 0 saturated heterocycles. The van der Waals surface area contributed by atoms with E-state index in [1.165, 1.54) is 0 Å². The smallest absolute Gasteiger partial charge is 0.306 e. The molecule has 0 amide bonds. The van der Waals surface area contributed by atoms with Gasteiger partial charge in [0.25, 0.3) is 0 Å². The Hall–Kier alpha value is -5.23. The average Bonchev–Trinajstić information content (AvgIpc) is 3.33. The first-order valence-corrected chi connectivity index (χ1v) is 25.7. The minimum atomic E-state index is -0.833. The number of hydrogen-bond acceptors (Lipinski definition) is 6. The first-order valence-electron chi connectivity index (χ1n) is 25.7. The molecule has 0 aromatic heterocycles. The van der Waals surface area contributed by atoms with Crippen LogP contribution in [0.3, 0.4) is 0 Å². The molecule has 0 heterocycles. The molecule has 0 N–H and O–H groups in total. The fraction of sp³-hybridized carbons (Fsp3) is 0.492. The second-order valence-electron chi connectivity index (χ2n) is 16.1. The van der Waals surface area contributed by atoms with Crippen molar-refractivity contribution in [2.45, 2.75) is 181 Å². The van der Waals surface area contributed by atoms with E-state index in [4.69, 9.17) is 14.2 Å². The molecule has 0 fully saturated rings. The SMILES string of the molecule is CC\C=C/C=C\C=C/C=C\C=C\C=C/C=C\CCCCCC(=O)OCC(COC(=O)CCCCCC/C=C\C/C=C\C/C=C\CC)OC(=O)CCCCC/C=C\C/C=C\C/C=C\C/C=C\CC. The standard InChI is InChI=1S/C61H90O6/c1-4-7-10-13-16-19-22-25-28-30-31-32-34-36-39-42-45-48-51-54-60(63)66-57-58(56-65-59(62)53-50-47-44-41-38-35-27-24-21-18-15-12-9-6-3)67-61(64)55-52-49-46-43-40-37-33-29-26-23-20-17-14-11-8-5-2/h7-13,16-22,25-32,34-37,39-40,58H,4-6,14-15,23-24,33,38,41-57H2,1-3H3/b10-7-,11-8-,12-9-,16-13-,20-17-,21-18-,22-19-,28-25-,29-26-,31-30+,34-32-,35-27-,39-36-,40-37-. The van der Waals surface area contributed by atoms with E-state index in [-0.39, 0.29) is 44.0 Å². The first-order chi connectivity index (χ1) is 33.0. The van der Waals surface area contributed by atoms with Crippen LogP contribution >= 0.6 is 0 Å². The number of ether oxygens (including phenoxy) is 3. The van der Waals surface area contributed by atoms with Crippen molar-refractivity contribution in [3.63, 3.8) is 0 Å². The average molecular weight is 919 g/mol. The third kappa shape index (κ3) is 51.6. The van der Waals surface area contributed by atoms with Crippen LogP contribution in [0.2, 0.25) is 0 Å². The molecule has 0 aromatic carbocycles. The largest absolute Gasteiger partial charge is 0.462 e. The Morgan fingerprint density at radius 3 is 1.01 bits per heavy atom. The Bertz CT molecular complexity index is 1620. The molecular formula is C61H90O6. The van der Waals surface area contributed by atoms with Crippen molar-refractivity contribution >= 4 is 17.9 Å². The topological polar surface area (TPSA) is 78.9 Å².